The Morgan fingerprint density at radius 2 is 1.58 bits per heavy atom. The lowest BCUT2D eigenvalue weighted by Crippen LogP contribution is -2.50. The standard InChI is InChI=1S/C23H20IN3O4/c24-17-11-12-19(18(13-17)20(28)16-9-5-2-6-10-16)26-22(29)21(25)27-23(30)31-14-15-7-3-1-4-8-15/h1-13,21H,14,25H2,(H,26,29)(H,27,30). The van der Waals surface area contributed by atoms with Crippen molar-refractivity contribution in [3.05, 3.63) is 99.1 Å². The van der Waals surface area contributed by atoms with E-state index in [1.807, 2.05) is 36.4 Å². The number of nitrogens with two attached hydrogens (primary N) is 1. The Labute approximate surface area is 193 Å². The fourth-order valence-corrected chi connectivity index (χ4v) is 3.22. The Bertz CT molecular complexity index is 1070. The molecule has 0 aliphatic heterocycles. The molecule has 0 radical (unpaired) electrons. The fourth-order valence-electron chi connectivity index (χ4n) is 2.73. The van der Waals surface area contributed by atoms with Gasteiger partial charge in [0, 0.05) is 14.7 Å². The number of amides is 2. The van der Waals surface area contributed by atoms with Crippen molar-refractivity contribution in [3.63, 3.8) is 0 Å². The third-order valence-electron chi connectivity index (χ3n) is 4.29. The molecule has 0 aliphatic rings. The van der Waals surface area contributed by atoms with Gasteiger partial charge in [-0.3, -0.25) is 14.9 Å². The van der Waals surface area contributed by atoms with Crippen LogP contribution < -0.4 is 16.4 Å². The molecule has 1 atom stereocenters. The number of hydrogen-bond donors (Lipinski definition) is 3. The second-order valence-corrected chi connectivity index (χ2v) is 7.80. The summed E-state index contributed by atoms with van der Waals surface area (Å²) in [6.45, 7) is 0.0495. The van der Waals surface area contributed by atoms with Crippen molar-refractivity contribution in [3.8, 4) is 0 Å². The van der Waals surface area contributed by atoms with Gasteiger partial charge in [0.2, 0.25) is 0 Å². The van der Waals surface area contributed by atoms with Crippen molar-refractivity contribution in [1.82, 2.24) is 5.32 Å². The zero-order valence-corrected chi connectivity index (χ0v) is 18.5. The van der Waals surface area contributed by atoms with Crippen LogP contribution in [0.1, 0.15) is 21.5 Å². The van der Waals surface area contributed by atoms with Gasteiger partial charge in [-0.1, -0.05) is 60.7 Å². The second kappa shape index (κ2) is 10.7. The summed E-state index contributed by atoms with van der Waals surface area (Å²) in [7, 11) is 0. The Kier molecular flexibility index (Phi) is 7.74. The number of hydrogen-bond acceptors (Lipinski definition) is 5. The van der Waals surface area contributed by atoms with Gasteiger partial charge in [-0.2, -0.15) is 0 Å². The highest BCUT2D eigenvalue weighted by atomic mass is 127. The molecule has 3 aromatic carbocycles. The molecular formula is C23H20IN3O4. The summed E-state index contributed by atoms with van der Waals surface area (Å²) < 4.78 is 5.90. The Balaban J connectivity index is 1.64. The van der Waals surface area contributed by atoms with Gasteiger partial charge in [-0.05, 0) is 46.4 Å². The molecule has 1 unspecified atom stereocenters. The van der Waals surface area contributed by atoms with Crippen LogP contribution in [0.3, 0.4) is 0 Å². The van der Waals surface area contributed by atoms with Crippen LogP contribution in [0.4, 0.5) is 10.5 Å². The lowest BCUT2D eigenvalue weighted by atomic mass is 10.0. The molecule has 0 saturated carbocycles. The first-order chi connectivity index (χ1) is 14.9. The van der Waals surface area contributed by atoms with Crippen LogP contribution in [0.25, 0.3) is 0 Å². The molecule has 0 spiro atoms. The summed E-state index contributed by atoms with van der Waals surface area (Å²) in [5.74, 6) is -0.918. The van der Waals surface area contributed by atoms with Gasteiger partial charge < -0.3 is 15.8 Å². The number of anilines is 1. The molecule has 31 heavy (non-hydrogen) atoms. The molecule has 0 aromatic heterocycles. The molecule has 7 nitrogen and oxygen atoms in total. The van der Waals surface area contributed by atoms with Crippen molar-refractivity contribution < 1.29 is 19.1 Å². The highest BCUT2D eigenvalue weighted by Gasteiger charge is 2.21. The molecule has 0 saturated heterocycles. The molecule has 0 bridgehead atoms. The van der Waals surface area contributed by atoms with E-state index in [0.717, 1.165) is 9.13 Å². The highest BCUT2D eigenvalue weighted by molar-refractivity contribution is 14.1. The first kappa shape index (κ1) is 22.4. The van der Waals surface area contributed by atoms with Crippen molar-refractivity contribution in [2.45, 2.75) is 12.8 Å². The van der Waals surface area contributed by atoms with Crippen LogP contribution in [-0.2, 0) is 16.1 Å². The Morgan fingerprint density at radius 1 is 0.935 bits per heavy atom. The van der Waals surface area contributed by atoms with Gasteiger partial charge in [0.05, 0.1) is 5.69 Å². The molecular weight excluding hydrogens is 509 g/mol. The van der Waals surface area contributed by atoms with Crippen molar-refractivity contribution in [1.29, 1.82) is 0 Å². The second-order valence-electron chi connectivity index (χ2n) is 6.56. The third kappa shape index (κ3) is 6.37. The number of ether oxygens (including phenoxy) is 1. The minimum Gasteiger partial charge on any atom is -0.445 e. The van der Waals surface area contributed by atoms with E-state index in [4.69, 9.17) is 10.5 Å². The van der Waals surface area contributed by atoms with Gasteiger partial charge in [0.15, 0.2) is 11.9 Å². The van der Waals surface area contributed by atoms with E-state index in [0.29, 0.717) is 16.8 Å². The summed E-state index contributed by atoms with van der Waals surface area (Å²) in [6.07, 6.45) is -2.18. The molecule has 2 amide bonds. The maximum atomic E-state index is 12.9. The predicted octanol–water partition coefficient (Wildman–Crippen LogP) is 3.67. The normalized spacial score (nSPS) is 11.3. The lowest BCUT2D eigenvalue weighted by molar-refractivity contribution is -0.118. The van der Waals surface area contributed by atoms with Gasteiger partial charge in [0.1, 0.15) is 6.61 Å². The van der Waals surface area contributed by atoms with Crippen LogP contribution in [0.15, 0.2) is 78.9 Å². The lowest BCUT2D eigenvalue weighted by Gasteiger charge is -2.16. The fraction of sp³-hybridized carbons (Fsp3) is 0.0870. The van der Waals surface area contributed by atoms with Crippen LogP contribution in [0.2, 0.25) is 0 Å². The topological polar surface area (TPSA) is 111 Å². The van der Waals surface area contributed by atoms with Gasteiger partial charge in [-0.25, -0.2) is 4.79 Å². The number of benzene rings is 3. The van der Waals surface area contributed by atoms with Gasteiger partial charge >= 0.3 is 6.09 Å². The van der Waals surface area contributed by atoms with Crippen LogP contribution in [-0.4, -0.2) is 23.9 Å². The summed E-state index contributed by atoms with van der Waals surface area (Å²) in [5.41, 5.74) is 7.71. The van der Waals surface area contributed by atoms with Gasteiger partial charge in [0.25, 0.3) is 5.91 Å². The first-order valence-corrected chi connectivity index (χ1v) is 10.4. The number of rotatable bonds is 7. The van der Waals surface area contributed by atoms with Crippen molar-refractivity contribution >= 4 is 46.1 Å². The number of carbonyl (C=O) groups is 3. The van der Waals surface area contributed by atoms with Gasteiger partial charge in [-0.15, -0.1) is 0 Å². The van der Waals surface area contributed by atoms with Crippen LogP contribution >= 0.6 is 22.6 Å². The zero-order valence-electron chi connectivity index (χ0n) is 16.4. The van der Waals surface area contributed by atoms with E-state index in [2.05, 4.69) is 33.2 Å². The van der Waals surface area contributed by atoms with E-state index in [1.54, 1.807) is 42.5 Å². The monoisotopic (exact) mass is 529 g/mol. The van der Waals surface area contributed by atoms with E-state index in [9.17, 15) is 14.4 Å². The predicted molar refractivity (Wildman–Crippen MR) is 125 cm³/mol. The molecule has 0 heterocycles. The molecule has 0 fully saturated rings. The Hall–Kier alpha value is -3.24. The van der Waals surface area contributed by atoms with Crippen LogP contribution in [0, 0.1) is 3.57 Å². The molecule has 3 aromatic rings. The SMILES string of the molecule is NC(NC(=O)OCc1ccccc1)C(=O)Nc1ccc(I)cc1C(=O)c1ccccc1. The van der Waals surface area contributed by atoms with E-state index < -0.39 is 18.2 Å². The highest BCUT2D eigenvalue weighted by Crippen LogP contribution is 2.22. The number of nitrogens with one attached hydrogen (secondary N) is 2. The minimum atomic E-state index is -1.36. The maximum Gasteiger partial charge on any atom is 0.409 e. The van der Waals surface area contributed by atoms with E-state index in [-0.39, 0.29) is 12.4 Å². The summed E-state index contributed by atoms with van der Waals surface area (Å²) in [5, 5.41) is 4.89. The van der Waals surface area contributed by atoms with E-state index in [1.165, 1.54) is 0 Å². The number of ketones is 1. The van der Waals surface area contributed by atoms with E-state index >= 15 is 0 Å². The molecule has 0 aliphatic carbocycles. The first-order valence-electron chi connectivity index (χ1n) is 9.37. The molecule has 158 valence electrons. The molecule has 4 N–H and O–H groups in total. The number of halogens is 1. The maximum absolute atomic E-state index is 12.9. The average molecular weight is 529 g/mol. The smallest absolute Gasteiger partial charge is 0.409 e. The number of carbonyl (C=O) groups excluding carboxylic acids is 3. The summed E-state index contributed by atoms with van der Waals surface area (Å²) >= 11 is 2.09. The molecule has 3 rings (SSSR count). The largest absolute Gasteiger partial charge is 0.445 e. The summed E-state index contributed by atoms with van der Waals surface area (Å²) in [6, 6.07) is 22.9. The van der Waals surface area contributed by atoms with Crippen molar-refractivity contribution in [2.75, 3.05) is 5.32 Å². The quantitative estimate of drug-likeness (QED) is 0.246. The minimum absolute atomic E-state index is 0.0495. The number of alkyl carbamates (subject to hydrolysis) is 1. The van der Waals surface area contributed by atoms with Crippen molar-refractivity contribution in [2.24, 2.45) is 5.73 Å². The zero-order chi connectivity index (χ0) is 22.2. The summed E-state index contributed by atoms with van der Waals surface area (Å²) in [4.78, 5) is 37.3. The molecule has 8 heteroatoms. The third-order valence-corrected chi connectivity index (χ3v) is 4.96. The average Bonchev–Trinajstić information content (AvgIpc) is 2.79. The van der Waals surface area contributed by atoms with Crippen LogP contribution in [0.5, 0.6) is 0 Å². The Morgan fingerprint density at radius 3 is 2.26 bits per heavy atom.